The van der Waals surface area contributed by atoms with Gasteiger partial charge in [-0.15, -0.1) is 0 Å². The molecule has 0 saturated carbocycles. The van der Waals surface area contributed by atoms with Crippen molar-refractivity contribution in [3.8, 4) is 23.0 Å². The van der Waals surface area contributed by atoms with E-state index in [-0.39, 0.29) is 10.1 Å². The molecular weight excluding hydrogens is 308 g/mol. The largest absolute Gasteiger partial charge is 0.543 e. The molecule has 0 N–H and O–H groups in total. The molecule has 0 amide bonds. The zero-order valence-electron chi connectivity index (χ0n) is 16.3. The van der Waals surface area contributed by atoms with Crippen LogP contribution in [-0.2, 0) is 0 Å². The Kier molecular flexibility index (Phi) is 6.02. The molecule has 0 radical (unpaired) electrons. The van der Waals surface area contributed by atoms with Crippen LogP contribution >= 0.6 is 0 Å². The minimum atomic E-state index is -1.63. The van der Waals surface area contributed by atoms with Gasteiger partial charge in [0.05, 0.1) is 21.3 Å². The van der Waals surface area contributed by atoms with Gasteiger partial charge in [0.2, 0.25) is 9.04 Å². The van der Waals surface area contributed by atoms with Gasteiger partial charge in [-0.1, -0.05) is 41.5 Å². The standard InChI is InChI=1S/C18H32O4Si/c1-12-15(20-9)13(19-8)11-14(16(12)21-10)22-23(17(2,3)4)18(5,6)7/h11,23H,1-10H3. The summed E-state index contributed by atoms with van der Waals surface area (Å²) in [5.41, 5.74) is 0.889. The fourth-order valence-electron chi connectivity index (χ4n) is 3.25. The minimum Gasteiger partial charge on any atom is -0.543 e. The number of ether oxygens (including phenoxy) is 3. The molecule has 1 aromatic carbocycles. The molecular formula is C18H32O4Si. The summed E-state index contributed by atoms with van der Waals surface area (Å²) in [5, 5.41) is 0.231. The first kappa shape index (κ1) is 19.7. The van der Waals surface area contributed by atoms with Crippen molar-refractivity contribution in [3.05, 3.63) is 11.6 Å². The molecule has 1 rings (SSSR count). The highest BCUT2D eigenvalue weighted by molar-refractivity contribution is 6.59. The molecule has 0 heterocycles. The predicted octanol–water partition coefficient (Wildman–Crippen LogP) is 4.72. The zero-order valence-corrected chi connectivity index (χ0v) is 17.4. The van der Waals surface area contributed by atoms with Crippen molar-refractivity contribution < 1.29 is 18.6 Å². The normalized spacial score (nSPS) is 12.3. The van der Waals surface area contributed by atoms with Crippen LogP contribution in [0.1, 0.15) is 47.1 Å². The van der Waals surface area contributed by atoms with Gasteiger partial charge in [-0.05, 0) is 17.0 Å². The van der Waals surface area contributed by atoms with Crippen LogP contribution in [0.15, 0.2) is 6.07 Å². The SMILES string of the molecule is COc1cc(O[SiH](C(C)(C)C)C(C)(C)C)c(OC)c(C)c1OC. The Morgan fingerprint density at radius 1 is 0.739 bits per heavy atom. The molecule has 5 heteroatoms. The van der Waals surface area contributed by atoms with Crippen LogP contribution in [0.3, 0.4) is 0 Å². The van der Waals surface area contributed by atoms with Crippen LogP contribution in [0.25, 0.3) is 0 Å². The molecule has 0 aromatic heterocycles. The molecule has 0 fully saturated rings. The van der Waals surface area contributed by atoms with Crippen molar-refractivity contribution in [2.24, 2.45) is 0 Å². The van der Waals surface area contributed by atoms with Gasteiger partial charge in [0, 0.05) is 11.6 Å². The third-order valence-corrected chi connectivity index (χ3v) is 7.47. The quantitative estimate of drug-likeness (QED) is 0.727. The lowest BCUT2D eigenvalue weighted by atomic mass is 10.1. The second kappa shape index (κ2) is 7.03. The van der Waals surface area contributed by atoms with Gasteiger partial charge >= 0.3 is 0 Å². The van der Waals surface area contributed by atoms with Crippen molar-refractivity contribution in [1.82, 2.24) is 0 Å². The van der Waals surface area contributed by atoms with Gasteiger partial charge in [-0.2, -0.15) is 0 Å². The third-order valence-electron chi connectivity index (χ3n) is 3.84. The number of rotatable bonds is 5. The summed E-state index contributed by atoms with van der Waals surface area (Å²) in [6.07, 6.45) is 0. The van der Waals surface area contributed by atoms with Gasteiger partial charge in [0.25, 0.3) is 0 Å². The average molecular weight is 341 g/mol. The Hall–Kier alpha value is -1.36. The van der Waals surface area contributed by atoms with Crippen LogP contribution in [-0.4, -0.2) is 30.4 Å². The highest BCUT2D eigenvalue weighted by Gasteiger charge is 2.40. The molecule has 0 atom stereocenters. The fourth-order valence-corrected chi connectivity index (χ4v) is 6.98. The first-order chi connectivity index (χ1) is 10.5. The van der Waals surface area contributed by atoms with Crippen LogP contribution in [0, 0.1) is 6.92 Å². The average Bonchev–Trinajstić information content (AvgIpc) is 2.41. The summed E-state index contributed by atoms with van der Waals surface area (Å²) in [6.45, 7) is 15.4. The van der Waals surface area contributed by atoms with E-state index in [2.05, 4.69) is 41.5 Å². The van der Waals surface area contributed by atoms with Crippen molar-refractivity contribution in [2.45, 2.75) is 58.5 Å². The van der Waals surface area contributed by atoms with Crippen LogP contribution in [0.5, 0.6) is 23.0 Å². The number of methoxy groups -OCH3 is 3. The highest BCUT2D eigenvalue weighted by Crippen LogP contribution is 2.48. The van der Waals surface area contributed by atoms with Crippen molar-refractivity contribution in [3.63, 3.8) is 0 Å². The second-order valence-corrected chi connectivity index (χ2v) is 12.5. The molecule has 132 valence electrons. The Bertz CT molecular complexity index is 527. The predicted molar refractivity (Wildman–Crippen MR) is 98.0 cm³/mol. The molecule has 0 aliphatic heterocycles. The minimum absolute atomic E-state index is 0.115. The Balaban J connectivity index is 3.44. The Morgan fingerprint density at radius 2 is 1.17 bits per heavy atom. The number of hydrogen-bond donors (Lipinski definition) is 0. The molecule has 0 spiro atoms. The van der Waals surface area contributed by atoms with Gasteiger partial charge in [0.1, 0.15) is 0 Å². The number of benzene rings is 1. The Labute approximate surface area is 142 Å². The maximum Gasteiger partial charge on any atom is 0.246 e. The molecule has 0 saturated heterocycles. The molecule has 4 nitrogen and oxygen atoms in total. The second-order valence-electron chi connectivity index (χ2n) is 8.00. The Morgan fingerprint density at radius 3 is 1.52 bits per heavy atom. The third kappa shape index (κ3) is 4.34. The summed E-state index contributed by atoms with van der Waals surface area (Å²) in [6, 6.07) is 1.88. The molecule has 0 unspecified atom stereocenters. The van der Waals surface area contributed by atoms with Crippen LogP contribution < -0.4 is 18.6 Å². The lowest BCUT2D eigenvalue weighted by Gasteiger charge is -2.39. The first-order valence-electron chi connectivity index (χ1n) is 7.93. The maximum atomic E-state index is 6.57. The molecule has 23 heavy (non-hydrogen) atoms. The summed E-state index contributed by atoms with van der Waals surface area (Å²) in [7, 11) is 3.29. The van der Waals surface area contributed by atoms with E-state index in [0.717, 1.165) is 11.3 Å². The van der Waals surface area contributed by atoms with E-state index in [0.29, 0.717) is 17.2 Å². The smallest absolute Gasteiger partial charge is 0.246 e. The summed E-state index contributed by atoms with van der Waals surface area (Å²) < 4.78 is 23.1. The van der Waals surface area contributed by atoms with Gasteiger partial charge in [0.15, 0.2) is 23.0 Å². The number of hydrogen-bond acceptors (Lipinski definition) is 4. The van der Waals surface area contributed by atoms with E-state index in [9.17, 15) is 0 Å². The topological polar surface area (TPSA) is 36.9 Å². The monoisotopic (exact) mass is 340 g/mol. The lowest BCUT2D eigenvalue weighted by molar-refractivity contribution is 0.337. The van der Waals surface area contributed by atoms with Gasteiger partial charge in [-0.3, -0.25) is 0 Å². The van der Waals surface area contributed by atoms with E-state index in [1.165, 1.54) is 0 Å². The summed E-state index contributed by atoms with van der Waals surface area (Å²) in [4.78, 5) is 0. The lowest BCUT2D eigenvalue weighted by Crippen LogP contribution is -2.41. The fraction of sp³-hybridized carbons (Fsp3) is 0.667. The molecule has 0 bridgehead atoms. The van der Waals surface area contributed by atoms with Crippen molar-refractivity contribution >= 4 is 9.04 Å². The summed E-state index contributed by atoms with van der Waals surface area (Å²) >= 11 is 0. The van der Waals surface area contributed by atoms with E-state index in [4.69, 9.17) is 18.6 Å². The molecule has 1 aromatic rings. The van der Waals surface area contributed by atoms with Crippen LogP contribution in [0.2, 0.25) is 10.1 Å². The summed E-state index contributed by atoms with van der Waals surface area (Å²) in [5.74, 6) is 2.80. The van der Waals surface area contributed by atoms with Crippen molar-refractivity contribution in [2.75, 3.05) is 21.3 Å². The molecule has 0 aliphatic rings. The van der Waals surface area contributed by atoms with Gasteiger partial charge in [-0.25, -0.2) is 0 Å². The van der Waals surface area contributed by atoms with Crippen LogP contribution in [0.4, 0.5) is 0 Å². The van der Waals surface area contributed by atoms with E-state index in [1.807, 2.05) is 13.0 Å². The van der Waals surface area contributed by atoms with E-state index in [1.54, 1.807) is 21.3 Å². The zero-order chi connectivity index (χ0) is 18.0. The first-order valence-corrected chi connectivity index (χ1v) is 9.56. The van der Waals surface area contributed by atoms with Gasteiger partial charge < -0.3 is 18.6 Å². The van der Waals surface area contributed by atoms with Crippen molar-refractivity contribution in [1.29, 1.82) is 0 Å². The van der Waals surface area contributed by atoms with E-state index < -0.39 is 9.04 Å². The van der Waals surface area contributed by atoms with E-state index >= 15 is 0 Å². The highest BCUT2D eigenvalue weighted by atomic mass is 28.3. The maximum absolute atomic E-state index is 6.57. The molecule has 0 aliphatic carbocycles.